The van der Waals surface area contributed by atoms with Crippen LogP contribution < -0.4 is 5.32 Å². The van der Waals surface area contributed by atoms with Crippen LogP contribution in [0, 0.1) is 0 Å². The smallest absolute Gasteiger partial charge is 0.433 e. The van der Waals surface area contributed by atoms with E-state index in [1.54, 1.807) is 12.1 Å². The predicted molar refractivity (Wildman–Crippen MR) is 83.7 cm³/mol. The highest BCUT2D eigenvalue weighted by molar-refractivity contribution is 5.78. The van der Waals surface area contributed by atoms with Crippen LogP contribution in [0.1, 0.15) is 11.3 Å². The first-order chi connectivity index (χ1) is 12.2. The molecule has 2 heterocycles. The minimum absolute atomic E-state index is 0.00530. The molecule has 0 aliphatic rings. The Morgan fingerprint density at radius 3 is 2.46 bits per heavy atom. The Labute approximate surface area is 144 Å². The van der Waals surface area contributed by atoms with Gasteiger partial charge in [-0.25, -0.2) is 9.78 Å². The lowest BCUT2D eigenvalue weighted by atomic mass is 10.1. The summed E-state index contributed by atoms with van der Waals surface area (Å²) in [4.78, 5) is 18.6. The third-order valence-electron chi connectivity index (χ3n) is 3.52. The zero-order chi connectivity index (χ0) is 18.9. The number of aromatic nitrogens is 2. The van der Waals surface area contributed by atoms with Crippen LogP contribution in [0.15, 0.2) is 40.8 Å². The Morgan fingerprint density at radius 1 is 1.15 bits per heavy atom. The number of nitrogens with zero attached hydrogens (tertiary/aromatic N) is 2. The molecule has 1 atom stereocenters. The molecule has 0 saturated heterocycles. The van der Waals surface area contributed by atoms with Gasteiger partial charge in [-0.05, 0) is 29.8 Å². The molecule has 0 saturated carbocycles. The van der Waals surface area contributed by atoms with E-state index in [0.29, 0.717) is 5.56 Å². The van der Waals surface area contributed by atoms with E-state index in [9.17, 15) is 28.2 Å². The lowest BCUT2D eigenvalue weighted by Gasteiger charge is -2.12. The number of rotatable bonds is 5. The van der Waals surface area contributed by atoms with Crippen molar-refractivity contribution in [3.63, 3.8) is 0 Å². The third kappa shape index (κ3) is 3.85. The Bertz CT molecular complexity index is 938. The standard InChI is InChI=1S/C16H12F3N3O4/c17-16(18,19)12-6-5-11-13(21-12)22-15(26-11)20-10(14(24)25)7-8-1-3-9(23)4-2-8/h1-6,10,23H,7H2,(H,24,25)(H,20,21,22). The van der Waals surface area contributed by atoms with E-state index in [-0.39, 0.29) is 29.4 Å². The summed E-state index contributed by atoms with van der Waals surface area (Å²) >= 11 is 0. The van der Waals surface area contributed by atoms with Gasteiger partial charge in [0.1, 0.15) is 17.5 Å². The number of aromatic hydroxyl groups is 1. The fraction of sp³-hybridized carbons (Fsp3) is 0.188. The molecule has 0 spiro atoms. The highest BCUT2D eigenvalue weighted by atomic mass is 19.4. The number of anilines is 1. The van der Waals surface area contributed by atoms with Crippen molar-refractivity contribution >= 4 is 23.2 Å². The molecule has 26 heavy (non-hydrogen) atoms. The summed E-state index contributed by atoms with van der Waals surface area (Å²) in [5, 5.41) is 21.1. The number of carbonyl (C=O) groups is 1. The number of aliphatic carboxylic acids is 1. The molecule has 0 aliphatic heterocycles. The average Bonchev–Trinajstić information content (AvgIpc) is 2.96. The number of hydrogen-bond donors (Lipinski definition) is 3. The molecule has 7 nitrogen and oxygen atoms in total. The molecule has 10 heteroatoms. The molecule has 2 aromatic heterocycles. The van der Waals surface area contributed by atoms with E-state index < -0.39 is 23.9 Å². The second kappa shape index (κ2) is 6.54. The lowest BCUT2D eigenvalue weighted by Crippen LogP contribution is -2.31. The molecule has 0 fully saturated rings. The average molecular weight is 367 g/mol. The highest BCUT2D eigenvalue weighted by Gasteiger charge is 2.33. The van der Waals surface area contributed by atoms with Gasteiger partial charge >= 0.3 is 12.1 Å². The third-order valence-corrected chi connectivity index (χ3v) is 3.52. The van der Waals surface area contributed by atoms with Gasteiger partial charge in [0.15, 0.2) is 5.58 Å². The minimum atomic E-state index is -4.62. The maximum absolute atomic E-state index is 12.7. The summed E-state index contributed by atoms with van der Waals surface area (Å²) in [6.45, 7) is 0. The Morgan fingerprint density at radius 2 is 1.85 bits per heavy atom. The molecule has 3 N–H and O–H groups in total. The molecule has 3 rings (SSSR count). The van der Waals surface area contributed by atoms with E-state index in [1.807, 2.05) is 0 Å². The topological polar surface area (TPSA) is 108 Å². The van der Waals surface area contributed by atoms with Gasteiger partial charge in [0.25, 0.3) is 6.01 Å². The van der Waals surface area contributed by atoms with Crippen LogP contribution in [0.25, 0.3) is 11.2 Å². The summed E-state index contributed by atoms with van der Waals surface area (Å²) in [7, 11) is 0. The van der Waals surface area contributed by atoms with Gasteiger partial charge < -0.3 is 19.9 Å². The number of benzene rings is 1. The second-order valence-corrected chi connectivity index (χ2v) is 5.44. The van der Waals surface area contributed by atoms with Gasteiger partial charge in [-0.3, -0.25) is 0 Å². The number of pyridine rings is 1. The van der Waals surface area contributed by atoms with Crippen molar-refractivity contribution in [2.45, 2.75) is 18.6 Å². The van der Waals surface area contributed by atoms with Gasteiger partial charge in [0.05, 0.1) is 0 Å². The summed E-state index contributed by atoms with van der Waals surface area (Å²) in [5.74, 6) is -1.16. The van der Waals surface area contributed by atoms with Crippen LogP contribution in [0.4, 0.5) is 19.2 Å². The quantitative estimate of drug-likeness (QED) is 0.636. The van der Waals surface area contributed by atoms with E-state index in [2.05, 4.69) is 15.3 Å². The van der Waals surface area contributed by atoms with Crippen molar-refractivity contribution in [3.05, 3.63) is 47.7 Å². The molecule has 0 bridgehead atoms. The normalized spacial score (nSPS) is 12.9. The fourth-order valence-electron chi connectivity index (χ4n) is 2.26. The van der Waals surface area contributed by atoms with Crippen LogP contribution in [-0.4, -0.2) is 32.2 Å². The van der Waals surface area contributed by atoms with E-state index >= 15 is 0 Å². The molecule has 0 aliphatic carbocycles. The molecule has 1 aromatic carbocycles. The monoisotopic (exact) mass is 367 g/mol. The molecule has 0 amide bonds. The van der Waals surface area contributed by atoms with Crippen molar-refractivity contribution in [3.8, 4) is 5.75 Å². The number of phenolic OH excluding ortho intramolecular Hbond substituents is 1. The summed E-state index contributed by atoms with van der Waals surface area (Å²) in [6.07, 6.45) is -4.58. The van der Waals surface area contributed by atoms with Crippen molar-refractivity contribution in [1.82, 2.24) is 9.97 Å². The molecule has 0 radical (unpaired) electrons. The fourth-order valence-corrected chi connectivity index (χ4v) is 2.26. The molecule has 3 aromatic rings. The van der Waals surface area contributed by atoms with Gasteiger partial charge in [0.2, 0.25) is 5.65 Å². The van der Waals surface area contributed by atoms with Crippen molar-refractivity contribution in [1.29, 1.82) is 0 Å². The van der Waals surface area contributed by atoms with Crippen LogP contribution in [0.3, 0.4) is 0 Å². The number of halogens is 3. The largest absolute Gasteiger partial charge is 0.508 e. The highest BCUT2D eigenvalue weighted by Crippen LogP contribution is 2.29. The maximum atomic E-state index is 12.7. The molecule has 1 unspecified atom stereocenters. The van der Waals surface area contributed by atoms with Crippen molar-refractivity contribution in [2.75, 3.05) is 5.32 Å². The SMILES string of the molecule is O=C(O)C(Cc1ccc(O)cc1)Nc1nc2nc(C(F)(F)F)ccc2o1. The zero-order valence-corrected chi connectivity index (χ0v) is 13.0. The number of oxazole rings is 1. The number of carboxylic acids is 1. The lowest BCUT2D eigenvalue weighted by molar-refractivity contribution is -0.141. The number of carboxylic acid groups (broad SMARTS) is 1. The Kier molecular flexibility index (Phi) is 4.41. The predicted octanol–water partition coefficient (Wildman–Crippen LogP) is 3.06. The van der Waals surface area contributed by atoms with E-state index in [0.717, 1.165) is 12.1 Å². The first-order valence-electron chi connectivity index (χ1n) is 7.34. The Balaban J connectivity index is 1.82. The summed E-state index contributed by atoms with van der Waals surface area (Å²) in [5.41, 5.74) is -0.787. The van der Waals surface area contributed by atoms with Crippen molar-refractivity contribution in [2.24, 2.45) is 0 Å². The molecule has 136 valence electrons. The van der Waals surface area contributed by atoms with Crippen LogP contribution >= 0.6 is 0 Å². The number of nitrogens with one attached hydrogen (secondary N) is 1. The van der Waals surface area contributed by atoms with Crippen molar-refractivity contribution < 1.29 is 32.6 Å². The van der Waals surface area contributed by atoms with Gasteiger partial charge in [0, 0.05) is 6.42 Å². The minimum Gasteiger partial charge on any atom is -0.508 e. The van der Waals surface area contributed by atoms with Gasteiger partial charge in [-0.2, -0.15) is 18.2 Å². The number of alkyl halides is 3. The Hall–Kier alpha value is -3.30. The molecular weight excluding hydrogens is 355 g/mol. The number of hydrogen-bond acceptors (Lipinski definition) is 6. The zero-order valence-electron chi connectivity index (χ0n) is 13.0. The van der Waals surface area contributed by atoms with Gasteiger partial charge in [-0.15, -0.1) is 0 Å². The van der Waals surface area contributed by atoms with Crippen LogP contribution in [0.2, 0.25) is 0 Å². The second-order valence-electron chi connectivity index (χ2n) is 5.44. The van der Waals surface area contributed by atoms with E-state index in [4.69, 9.17) is 4.42 Å². The van der Waals surface area contributed by atoms with Crippen LogP contribution in [0.5, 0.6) is 5.75 Å². The number of phenols is 1. The van der Waals surface area contributed by atoms with Gasteiger partial charge in [-0.1, -0.05) is 12.1 Å². The maximum Gasteiger partial charge on any atom is 0.433 e. The number of fused-ring (bicyclic) bond motifs is 1. The first-order valence-corrected chi connectivity index (χ1v) is 7.34. The summed E-state index contributed by atoms with van der Waals surface area (Å²) < 4.78 is 43.2. The summed E-state index contributed by atoms with van der Waals surface area (Å²) in [6, 6.07) is 6.35. The first kappa shape index (κ1) is 17.5. The molecular formula is C16H12F3N3O4. The van der Waals surface area contributed by atoms with E-state index in [1.165, 1.54) is 12.1 Å². The van der Waals surface area contributed by atoms with Crippen LogP contribution in [-0.2, 0) is 17.4 Å².